The predicted molar refractivity (Wildman–Crippen MR) is 88.0 cm³/mol. The Morgan fingerprint density at radius 3 is 2.52 bits per heavy atom. The molecular weight excluding hydrogens is 314 g/mol. The van der Waals surface area contributed by atoms with Crippen molar-refractivity contribution in [3.8, 4) is 0 Å². The number of aryl methyl sites for hydroxylation is 1. The highest BCUT2D eigenvalue weighted by atomic mass is 32.2. The van der Waals surface area contributed by atoms with Gasteiger partial charge in [0.25, 0.3) is 0 Å². The third-order valence-corrected chi connectivity index (χ3v) is 4.46. The van der Waals surface area contributed by atoms with Gasteiger partial charge in [0, 0.05) is 11.6 Å². The van der Waals surface area contributed by atoms with Crippen LogP contribution in [-0.2, 0) is 14.4 Å². The molecule has 0 unspecified atom stereocenters. The van der Waals surface area contributed by atoms with Crippen LogP contribution in [0.15, 0.2) is 65.7 Å². The summed E-state index contributed by atoms with van der Waals surface area (Å²) < 4.78 is 28.9. The number of rotatable bonds is 5. The van der Waals surface area contributed by atoms with Crippen LogP contribution in [-0.4, -0.2) is 13.4 Å². The molecule has 2 aromatic carbocycles. The van der Waals surface area contributed by atoms with Crippen LogP contribution >= 0.6 is 0 Å². The van der Waals surface area contributed by atoms with Crippen molar-refractivity contribution in [2.24, 2.45) is 0 Å². The zero-order valence-corrected chi connectivity index (χ0v) is 13.2. The molecule has 0 bridgehead atoms. The highest BCUT2D eigenvalue weighted by molar-refractivity contribution is 7.86. The van der Waals surface area contributed by atoms with Gasteiger partial charge in [0.15, 0.2) is 0 Å². The van der Waals surface area contributed by atoms with Gasteiger partial charge in [-0.05, 0) is 30.5 Å². The number of hydrazine groups is 1. The molecule has 3 rings (SSSR count). The average Bonchev–Trinajstić information content (AvgIpc) is 2.55. The number of anilines is 1. The number of hydrogen-bond acceptors (Lipinski definition) is 6. The minimum absolute atomic E-state index is 0.0725. The van der Waals surface area contributed by atoms with Gasteiger partial charge in [-0.2, -0.15) is 12.7 Å². The molecule has 1 aromatic heterocycles. The molecule has 2 N–H and O–H groups in total. The number of fused-ring (bicyclic) bond motifs is 1. The zero-order valence-electron chi connectivity index (χ0n) is 12.4. The van der Waals surface area contributed by atoms with Gasteiger partial charge in [0.05, 0.1) is 4.90 Å². The first-order valence-corrected chi connectivity index (χ1v) is 8.32. The van der Waals surface area contributed by atoms with Gasteiger partial charge < -0.3 is 0 Å². The third kappa shape index (κ3) is 3.48. The van der Waals surface area contributed by atoms with Gasteiger partial charge in [-0.1, -0.05) is 47.6 Å². The molecule has 0 fully saturated rings. The SMILES string of the molecule is Cc1ccc(S(=O)(=O)ONNc2nccc3ccccc23)cc1. The summed E-state index contributed by atoms with van der Waals surface area (Å²) in [5.41, 5.74) is 5.88. The van der Waals surface area contributed by atoms with E-state index in [2.05, 4.69) is 16.0 Å². The smallest absolute Gasteiger partial charge is 0.281 e. The number of nitrogens with one attached hydrogen (secondary N) is 2. The maximum absolute atomic E-state index is 12.1. The fourth-order valence-electron chi connectivity index (χ4n) is 2.10. The van der Waals surface area contributed by atoms with Crippen LogP contribution in [0.4, 0.5) is 5.82 Å². The number of hydrogen-bond donors (Lipinski definition) is 2. The summed E-state index contributed by atoms with van der Waals surface area (Å²) >= 11 is 0. The summed E-state index contributed by atoms with van der Waals surface area (Å²) in [6.07, 6.45) is 1.63. The second-order valence-corrected chi connectivity index (χ2v) is 6.50. The number of pyridine rings is 1. The molecule has 23 heavy (non-hydrogen) atoms. The van der Waals surface area contributed by atoms with Crippen molar-refractivity contribution < 1.29 is 12.7 Å². The van der Waals surface area contributed by atoms with E-state index in [0.29, 0.717) is 5.82 Å². The number of benzene rings is 2. The first-order chi connectivity index (χ1) is 11.1. The minimum atomic E-state index is -3.90. The highest BCUT2D eigenvalue weighted by Crippen LogP contribution is 2.19. The Morgan fingerprint density at radius 2 is 1.74 bits per heavy atom. The largest absolute Gasteiger partial charge is 0.314 e. The van der Waals surface area contributed by atoms with Crippen molar-refractivity contribution in [2.45, 2.75) is 11.8 Å². The van der Waals surface area contributed by atoms with Crippen LogP contribution in [0, 0.1) is 6.92 Å². The molecule has 3 aromatic rings. The minimum Gasteiger partial charge on any atom is -0.281 e. The van der Waals surface area contributed by atoms with E-state index in [9.17, 15) is 8.42 Å². The van der Waals surface area contributed by atoms with Crippen molar-refractivity contribution in [1.82, 2.24) is 10.6 Å². The molecule has 0 aliphatic carbocycles. The molecule has 0 saturated carbocycles. The van der Waals surface area contributed by atoms with E-state index in [0.717, 1.165) is 16.3 Å². The number of nitrogens with zero attached hydrogens (tertiary/aromatic N) is 1. The molecule has 0 spiro atoms. The molecular formula is C16H15N3O3S. The molecule has 0 aliphatic rings. The second kappa shape index (κ2) is 6.33. The van der Waals surface area contributed by atoms with E-state index < -0.39 is 10.1 Å². The van der Waals surface area contributed by atoms with E-state index in [1.807, 2.05) is 37.3 Å². The maximum Gasteiger partial charge on any atom is 0.314 e. The van der Waals surface area contributed by atoms with Crippen molar-refractivity contribution >= 4 is 26.7 Å². The molecule has 1 heterocycles. The van der Waals surface area contributed by atoms with Crippen LogP contribution in [0.1, 0.15) is 5.56 Å². The molecule has 0 aliphatic heterocycles. The van der Waals surface area contributed by atoms with E-state index in [-0.39, 0.29) is 4.90 Å². The Bertz CT molecular complexity index is 919. The first kappa shape index (κ1) is 15.4. The van der Waals surface area contributed by atoms with Crippen LogP contribution in [0.3, 0.4) is 0 Å². The van der Waals surface area contributed by atoms with Crippen LogP contribution in [0.2, 0.25) is 0 Å². The monoisotopic (exact) mass is 329 g/mol. The Labute approximate surface area is 134 Å². The third-order valence-electron chi connectivity index (χ3n) is 3.30. The van der Waals surface area contributed by atoms with E-state index in [4.69, 9.17) is 4.28 Å². The Morgan fingerprint density at radius 1 is 1.00 bits per heavy atom. The average molecular weight is 329 g/mol. The highest BCUT2D eigenvalue weighted by Gasteiger charge is 2.15. The summed E-state index contributed by atoms with van der Waals surface area (Å²) in [4.78, 5) is 4.23. The lowest BCUT2D eigenvalue weighted by molar-refractivity contribution is 0.229. The van der Waals surface area contributed by atoms with Crippen molar-refractivity contribution in [2.75, 3.05) is 5.43 Å². The summed E-state index contributed by atoms with van der Waals surface area (Å²) in [5.74, 6) is 0.474. The summed E-state index contributed by atoms with van der Waals surface area (Å²) in [5, 5.41) is 1.83. The molecule has 0 saturated heterocycles. The van der Waals surface area contributed by atoms with Crippen molar-refractivity contribution in [1.29, 1.82) is 0 Å². The van der Waals surface area contributed by atoms with E-state index >= 15 is 0 Å². The Kier molecular flexibility index (Phi) is 4.24. The van der Waals surface area contributed by atoms with Gasteiger partial charge in [-0.3, -0.25) is 5.43 Å². The molecule has 7 heteroatoms. The lowest BCUT2D eigenvalue weighted by atomic mass is 10.2. The van der Waals surface area contributed by atoms with Gasteiger partial charge >= 0.3 is 10.1 Å². The molecule has 6 nitrogen and oxygen atoms in total. The Balaban J connectivity index is 1.72. The normalized spacial score (nSPS) is 11.5. The first-order valence-electron chi connectivity index (χ1n) is 6.91. The molecule has 118 valence electrons. The van der Waals surface area contributed by atoms with E-state index in [1.54, 1.807) is 18.3 Å². The fourth-order valence-corrected chi connectivity index (χ4v) is 2.81. The lowest BCUT2D eigenvalue weighted by Crippen LogP contribution is -2.26. The lowest BCUT2D eigenvalue weighted by Gasteiger charge is -2.10. The van der Waals surface area contributed by atoms with Crippen LogP contribution < -0.4 is 11.0 Å². The quantitative estimate of drug-likeness (QED) is 0.701. The van der Waals surface area contributed by atoms with Crippen molar-refractivity contribution in [3.05, 3.63) is 66.4 Å². The maximum atomic E-state index is 12.1. The Hall–Kier alpha value is -2.48. The summed E-state index contributed by atoms with van der Waals surface area (Å²) in [6.45, 7) is 1.88. The zero-order chi connectivity index (χ0) is 16.3. The fraction of sp³-hybridized carbons (Fsp3) is 0.0625. The van der Waals surface area contributed by atoms with Gasteiger partial charge in [-0.25, -0.2) is 4.98 Å². The summed E-state index contributed by atoms with van der Waals surface area (Å²) in [6, 6.07) is 15.9. The van der Waals surface area contributed by atoms with Crippen molar-refractivity contribution in [3.63, 3.8) is 0 Å². The van der Waals surface area contributed by atoms with E-state index in [1.165, 1.54) is 12.1 Å². The number of aromatic nitrogens is 1. The predicted octanol–water partition coefficient (Wildman–Crippen LogP) is 2.78. The van der Waals surface area contributed by atoms with Gasteiger partial charge in [0.2, 0.25) is 0 Å². The standard InChI is InChI=1S/C16H15N3O3S/c1-12-6-8-14(9-7-12)23(20,21)22-19-18-16-15-5-3-2-4-13(15)10-11-17-16/h2-11,19H,1H3,(H,17,18). The van der Waals surface area contributed by atoms with Gasteiger partial charge in [-0.15, -0.1) is 0 Å². The van der Waals surface area contributed by atoms with Crippen LogP contribution in [0.5, 0.6) is 0 Å². The molecule has 0 atom stereocenters. The van der Waals surface area contributed by atoms with Crippen LogP contribution in [0.25, 0.3) is 10.8 Å². The second-order valence-electron chi connectivity index (χ2n) is 4.96. The topological polar surface area (TPSA) is 80.3 Å². The van der Waals surface area contributed by atoms with Gasteiger partial charge in [0.1, 0.15) is 5.82 Å². The molecule has 0 amide bonds. The molecule has 0 radical (unpaired) electrons. The summed E-state index contributed by atoms with van der Waals surface area (Å²) in [7, 11) is -3.90.